The SMILES string of the molecule is Cc1cc(C(=O)NC2(C)CCOC2C)cc(N)n1. The van der Waals surface area contributed by atoms with Crippen molar-refractivity contribution in [2.45, 2.75) is 38.8 Å². The summed E-state index contributed by atoms with van der Waals surface area (Å²) in [7, 11) is 0. The first kappa shape index (κ1) is 12.8. The van der Waals surface area contributed by atoms with E-state index in [2.05, 4.69) is 10.3 Å². The minimum absolute atomic E-state index is 0.0155. The molecule has 2 heterocycles. The monoisotopic (exact) mass is 249 g/mol. The van der Waals surface area contributed by atoms with Crippen molar-refractivity contribution in [2.24, 2.45) is 0 Å². The molecule has 1 amide bonds. The van der Waals surface area contributed by atoms with Crippen LogP contribution in [0.3, 0.4) is 0 Å². The molecule has 1 aliphatic rings. The number of rotatable bonds is 2. The lowest BCUT2D eigenvalue weighted by Crippen LogP contribution is -2.50. The van der Waals surface area contributed by atoms with Gasteiger partial charge >= 0.3 is 0 Å². The molecule has 2 atom stereocenters. The summed E-state index contributed by atoms with van der Waals surface area (Å²) in [5, 5.41) is 3.03. The first-order chi connectivity index (χ1) is 8.40. The highest BCUT2D eigenvalue weighted by Gasteiger charge is 2.38. The van der Waals surface area contributed by atoms with E-state index in [0.717, 1.165) is 12.1 Å². The quantitative estimate of drug-likeness (QED) is 0.827. The van der Waals surface area contributed by atoms with Gasteiger partial charge in [0.2, 0.25) is 0 Å². The Balaban J connectivity index is 2.17. The number of nitrogens with one attached hydrogen (secondary N) is 1. The van der Waals surface area contributed by atoms with Gasteiger partial charge in [-0.15, -0.1) is 0 Å². The van der Waals surface area contributed by atoms with Crippen molar-refractivity contribution >= 4 is 11.7 Å². The minimum Gasteiger partial charge on any atom is -0.384 e. The summed E-state index contributed by atoms with van der Waals surface area (Å²) in [4.78, 5) is 16.3. The first-order valence-corrected chi connectivity index (χ1v) is 6.09. The number of nitrogens with zero attached hydrogens (tertiary/aromatic N) is 1. The third-order valence-corrected chi connectivity index (χ3v) is 3.52. The average molecular weight is 249 g/mol. The van der Waals surface area contributed by atoms with Crippen molar-refractivity contribution in [3.05, 3.63) is 23.4 Å². The van der Waals surface area contributed by atoms with Gasteiger partial charge in [0, 0.05) is 17.9 Å². The predicted octanol–water partition coefficient (Wildman–Crippen LogP) is 1.27. The number of aryl methyl sites for hydroxylation is 1. The molecule has 1 fully saturated rings. The van der Waals surface area contributed by atoms with E-state index in [1.165, 1.54) is 0 Å². The molecule has 1 aromatic heterocycles. The van der Waals surface area contributed by atoms with Gasteiger partial charge in [-0.25, -0.2) is 4.98 Å². The number of pyridine rings is 1. The van der Waals surface area contributed by atoms with Gasteiger partial charge in [-0.2, -0.15) is 0 Å². The van der Waals surface area contributed by atoms with Crippen LogP contribution < -0.4 is 11.1 Å². The van der Waals surface area contributed by atoms with Crippen LogP contribution in [0.5, 0.6) is 0 Å². The van der Waals surface area contributed by atoms with Crippen LogP contribution in [0.25, 0.3) is 0 Å². The number of anilines is 1. The van der Waals surface area contributed by atoms with E-state index in [4.69, 9.17) is 10.5 Å². The molecule has 1 saturated heterocycles. The van der Waals surface area contributed by atoms with Crippen LogP contribution in [0.2, 0.25) is 0 Å². The van der Waals surface area contributed by atoms with Crippen LogP contribution >= 0.6 is 0 Å². The van der Waals surface area contributed by atoms with Crippen LogP contribution in [0, 0.1) is 6.92 Å². The Bertz CT molecular complexity index is 455. The Morgan fingerprint density at radius 3 is 2.89 bits per heavy atom. The largest absolute Gasteiger partial charge is 0.384 e. The predicted molar refractivity (Wildman–Crippen MR) is 69.3 cm³/mol. The van der Waals surface area contributed by atoms with E-state index < -0.39 is 0 Å². The van der Waals surface area contributed by atoms with E-state index in [1.54, 1.807) is 12.1 Å². The van der Waals surface area contributed by atoms with Crippen molar-refractivity contribution in [3.63, 3.8) is 0 Å². The van der Waals surface area contributed by atoms with Crippen LogP contribution in [-0.4, -0.2) is 29.1 Å². The number of carbonyl (C=O) groups is 1. The van der Waals surface area contributed by atoms with E-state index in [-0.39, 0.29) is 17.6 Å². The Hall–Kier alpha value is -1.62. The smallest absolute Gasteiger partial charge is 0.251 e. The molecule has 1 aliphatic heterocycles. The molecule has 2 rings (SSSR count). The number of hydrogen-bond donors (Lipinski definition) is 2. The van der Waals surface area contributed by atoms with E-state index in [9.17, 15) is 4.79 Å². The zero-order valence-electron chi connectivity index (χ0n) is 11.0. The van der Waals surface area contributed by atoms with Crippen LogP contribution in [-0.2, 0) is 4.74 Å². The molecule has 5 nitrogen and oxygen atoms in total. The number of aromatic nitrogens is 1. The molecule has 0 bridgehead atoms. The van der Waals surface area contributed by atoms with Gasteiger partial charge in [-0.1, -0.05) is 0 Å². The van der Waals surface area contributed by atoms with Gasteiger partial charge in [0.05, 0.1) is 11.6 Å². The highest BCUT2D eigenvalue weighted by molar-refractivity contribution is 5.95. The minimum atomic E-state index is -0.316. The summed E-state index contributed by atoms with van der Waals surface area (Å²) in [6, 6.07) is 3.32. The van der Waals surface area contributed by atoms with Crippen LogP contribution in [0.1, 0.15) is 36.3 Å². The molecule has 0 aliphatic carbocycles. The summed E-state index contributed by atoms with van der Waals surface area (Å²) >= 11 is 0. The zero-order valence-corrected chi connectivity index (χ0v) is 11.0. The highest BCUT2D eigenvalue weighted by Crippen LogP contribution is 2.25. The molecule has 18 heavy (non-hydrogen) atoms. The van der Waals surface area contributed by atoms with Crippen LogP contribution in [0.15, 0.2) is 12.1 Å². The first-order valence-electron chi connectivity index (χ1n) is 6.09. The molecule has 98 valence electrons. The van der Waals surface area contributed by atoms with Crippen molar-refractivity contribution in [3.8, 4) is 0 Å². The Labute approximate surface area is 107 Å². The molecular formula is C13H19N3O2. The topological polar surface area (TPSA) is 77.2 Å². The lowest BCUT2D eigenvalue weighted by atomic mass is 9.94. The Morgan fingerprint density at radius 1 is 1.61 bits per heavy atom. The number of amides is 1. The number of nitrogen functional groups attached to an aromatic ring is 1. The molecular weight excluding hydrogens is 230 g/mol. The molecule has 0 saturated carbocycles. The van der Waals surface area contributed by atoms with Crippen molar-refractivity contribution in [1.82, 2.24) is 10.3 Å². The van der Waals surface area contributed by atoms with Gasteiger partial charge in [0.15, 0.2) is 0 Å². The summed E-state index contributed by atoms with van der Waals surface area (Å²) in [5.41, 5.74) is 6.61. The van der Waals surface area contributed by atoms with E-state index in [1.807, 2.05) is 20.8 Å². The molecule has 0 aromatic carbocycles. The third-order valence-electron chi connectivity index (χ3n) is 3.52. The van der Waals surface area contributed by atoms with Crippen molar-refractivity contribution < 1.29 is 9.53 Å². The molecule has 0 radical (unpaired) electrons. The van der Waals surface area contributed by atoms with E-state index >= 15 is 0 Å². The Kier molecular flexibility index (Phi) is 3.26. The van der Waals surface area contributed by atoms with Crippen molar-refractivity contribution in [2.75, 3.05) is 12.3 Å². The second kappa shape index (κ2) is 4.57. The average Bonchev–Trinajstić information content (AvgIpc) is 2.57. The highest BCUT2D eigenvalue weighted by atomic mass is 16.5. The second-order valence-corrected chi connectivity index (χ2v) is 5.06. The van der Waals surface area contributed by atoms with Gasteiger partial charge in [0.1, 0.15) is 5.82 Å². The van der Waals surface area contributed by atoms with E-state index in [0.29, 0.717) is 18.0 Å². The molecule has 2 unspecified atom stereocenters. The maximum atomic E-state index is 12.2. The molecule has 0 spiro atoms. The fraction of sp³-hybridized carbons (Fsp3) is 0.538. The standard InChI is InChI=1S/C13H19N3O2/c1-8-6-10(7-11(14)15-8)12(17)16-13(3)4-5-18-9(13)2/h6-7,9H,4-5H2,1-3H3,(H2,14,15)(H,16,17). The van der Waals surface area contributed by atoms with Crippen molar-refractivity contribution in [1.29, 1.82) is 0 Å². The lowest BCUT2D eigenvalue weighted by molar-refractivity contribution is 0.0727. The number of ether oxygens (including phenoxy) is 1. The van der Waals surface area contributed by atoms with Gasteiger partial charge in [-0.3, -0.25) is 4.79 Å². The van der Waals surface area contributed by atoms with Gasteiger partial charge < -0.3 is 15.8 Å². The van der Waals surface area contributed by atoms with Crippen LogP contribution in [0.4, 0.5) is 5.82 Å². The maximum absolute atomic E-state index is 12.2. The number of carbonyl (C=O) groups excluding carboxylic acids is 1. The maximum Gasteiger partial charge on any atom is 0.251 e. The van der Waals surface area contributed by atoms with Gasteiger partial charge in [-0.05, 0) is 39.3 Å². The summed E-state index contributed by atoms with van der Waals surface area (Å²) in [6.07, 6.45) is 0.834. The fourth-order valence-electron chi connectivity index (χ4n) is 2.16. The fourth-order valence-corrected chi connectivity index (χ4v) is 2.16. The summed E-state index contributed by atoms with van der Waals surface area (Å²) < 4.78 is 5.50. The Morgan fingerprint density at radius 2 is 2.33 bits per heavy atom. The lowest BCUT2D eigenvalue weighted by Gasteiger charge is -2.28. The normalized spacial score (nSPS) is 27.2. The summed E-state index contributed by atoms with van der Waals surface area (Å²) in [6.45, 7) is 6.46. The zero-order chi connectivity index (χ0) is 13.3. The second-order valence-electron chi connectivity index (χ2n) is 5.06. The molecule has 1 aromatic rings. The summed E-state index contributed by atoms with van der Waals surface area (Å²) in [5.74, 6) is 0.230. The number of hydrogen-bond acceptors (Lipinski definition) is 4. The third kappa shape index (κ3) is 2.46. The number of nitrogens with two attached hydrogens (primary N) is 1. The van der Waals surface area contributed by atoms with Gasteiger partial charge in [0.25, 0.3) is 5.91 Å². The molecule has 3 N–H and O–H groups in total. The molecule has 5 heteroatoms.